The largest absolute Gasteiger partial charge is 0.482 e. The van der Waals surface area contributed by atoms with E-state index >= 15 is 4.79 Å². The highest BCUT2D eigenvalue weighted by Gasteiger charge is 2.84. The smallest absolute Gasteiger partial charge is 0.246 e. The van der Waals surface area contributed by atoms with E-state index < -0.39 is 70.9 Å². The Morgan fingerprint density at radius 3 is 2.53 bits per heavy atom. The Kier molecular flexibility index (Phi) is 11.3. The van der Waals surface area contributed by atoms with Gasteiger partial charge in [-0.1, -0.05) is 29.4 Å². The quantitative estimate of drug-likeness (QED) is 0.133. The maximum Gasteiger partial charge on any atom is 0.246 e. The normalized spacial score (nSPS) is 35.1. The Balaban J connectivity index is 1.23. The summed E-state index contributed by atoms with van der Waals surface area (Å²) in [5.74, 6) is -0.997. The second kappa shape index (κ2) is 16.4. The van der Waals surface area contributed by atoms with E-state index in [1.807, 2.05) is 46.8 Å². The molecule has 5 N–H and O–H groups in total. The first-order chi connectivity index (χ1) is 32.2. The number of carbonyl (C=O) groups is 2. The van der Waals surface area contributed by atoms with Gasteiger partial charge in [0.1, 0.15) is 53.6 Å². The summed E-state index contributed by atoms with van der Waals surface area (Å²) in [5, 5.41) is 44.1. The van der Waals surface area contributed by atoms with Crippen LogP contribution in [0.15, 0.2) is 52.9 Å². The number of rotatable bonds is 12. The third kappa shape index (κ3) is 7.04. The maximum atomic E-state index is 15.7. The number of nitrogens with one attached hydrogen (secondary N) is 2. The van der Waals surface area contributed by atoms with Crippen LogP contribution in [-0.2, 0) is 35.0 Å². The molecule has 6 fully saturated rings. The lowest BCUT2D eigenvalue weighted by Gasteiger charge is -2.62. The summed E-state index contributed by atoms with van der Waals surface area (Å²) < 4.78 is 49.7. The first-order valence-electron chi connectivity index (χ1n) is 23.9. The number of aromatic nitrogens is 3. The molecule has 366 valence electrons. The molecule has 0 radical (unpaired) electrons. The summed E-state index contributed by atoms with van der Waals surface area (Å²) in [7, 11) is 0. The third-order valence-electron chi connectivity index (χ3n) is 15.2. The van der Waals surface area contributed by atoms with Gasteiger partial charge in [-0.2, -0.15) is 10.1 Å². The van der Waals surface area contributed by atoms with Crippen molar-refractivity contribution in [2.24, 2.45) is 11.8 Å². The standard InChI is InChI=1S/C51H65N5O12/c1-25(2)12-11-17-49(10)18-16-29-39(66-49)28(14-13-26(3)4)41-33(40(29)64-45-38(59)37(58)42-31(63-45)23-62-48(8,9)65-42)35-34-36(56-46(55-35)53-24-54-56)30-22-32-47(6,7)68-50(43(30)60,51(32,34)67-41)19-15-27(5)44(61)52-20-21-57/h12-13,15-16,18,24,30-32,36-38,42,45,57-59H,11,14,17,19-23H2,1-10H3,(H,52,61)(H,53,54,55)/b27-15-/t30?,31-,32?,36?,37-,38-,42-,45+,49?,50?,51?/m0/s1. The third-order valence-corrected chi connectivity index (χ3v) is 15.2. The summed E-state index contributed by atoms with van der Waals surface area (Å²) in [6.07, 6.45) is 7.66. The van der Waals surface area contributed by atoms with E-state index in [-0.39, 0.29) is 49.5 Å². The van der Waals surface area contributed by atoms with Gasteiger partial charge in [0.2, 0.25) is 18.1 Å². The Labute approximate surface area is 396 Å². The van der Waals surface area contributed by atoms with E-state index in [1.54, 1.807) is 31.5 Å². The SMILES string of the molecule is CC(C)=CCCC1(C)C=Cc2c(c(CC=C(C)C)c3c(c2O[C@H]2O[C@H]4COC(C)(C)O[C@@H]4[C@@H](O)[C@@H]2O)C2=C4C(C5CC6C(C)(C)OC(C/C=C(/C)C(=O)NCCO)(C5=O)C46O3)n3ncnc3N2)O1. The molecule has 2 aromatic rings. The lowest BCUT2D eigenvalue weighted by Crippen LogP contribution is -2.75. The number of hydrogen-bond acceptors (Lipinski definition) is 15. The number of Topliss-reactive ketones (excluding diaryl/α,β-unsaturated/α-hetero) is 1. The van der Waals surface area contributed by atoms with Crippen molar-refractivity contribution in [1.82, 2.24) is 20.1 Å². The van der Waals surface area contributed by atoms with E-state index in [1.165, 1.54) is 11.9 Å². The lowest BCUT2D eigenvalue weighted by molar-refractivity contribution is -0.373. The molecule has 68 heavy (non-hydrogen) atoms. The fourth-order valence-corrected chi connectivity index (χ4v) is 12.0. The van der Waals surface area contributed by atoms with Gasteiger partial charge in [0.15, 0.2) is 22.8 Å². The predicted molar refractivity (Wildman–Crippen MR) is 248 cm³/mol. The van der Waals surface area contributed by atoms with Crippen molar-refractivity contribution in [2.75, 3.05) is 25.1 Å². The van der Waals surface area contributed by atoms with Crippen molar-refractivity contribution < 1.29 is 58.1 Å². The molecule has 17 nitrogen and oxygen atoms in total. The number of anilines is 1. The van der Waals surface area contributed by atoms with Gasteiger partial charge >= 0.3 is 0 Å². The number of ketones is 1. The molecule has 11 atom stereocenters. The van der Waals surface area contributed by atoms with Crippen LogP contribution in [0.25, 0.3) is 11.8 Å². The van der Waals surface area contributed by atoms with Crippen LogP contribution in [0.2, 0.25) is 0 Å². The van der Waals surface area contributed by atoms with Gasteiger partial charge in [-0.3, -0.25) is 9.59 Å². The Bertz CT molecular complexity index is 2600. The van der Waals surface area contributed by atoms with Crippen molar-refractivity contribution >= 4 is 29.4 Å². The molecule has 3 saturated heterocycles. The predicted octanol–water partition coefficient (Wildman–Crippen LogP) is 5.39. The van der Waals surface area contributed by atoms with Gasteiger partial charge in [-0.15, -0.1) is 0 Å². The summed E-state index contributed by atoms with van der Waals surface area (Å²) in [6.45, 7) is 19.3. The molecule has 11 rings (SSSR count). The van der Waals surface area contributed by atoms with Crippen molar-refractivity contribution in [3.8, 4) is 17.2 Å². The molecule has 4 bridgehead atoms. The summed E-state index contributed by atoms with van der Waals surface area (Å²) in [6, 6.07) is -0.640. The lowest BCUT2D eigenvalue weighted by atomic mass is 9.47. The fourth-order valence-electron chi connectivity index (χ4n) is 12.0. The van der Waals surface area contributed by atoms with E-state index in [2.05, 4.69) is 41.6 Å². The maximum absolute atomic E-state index is 15.7. The molecule has 17 heteroatoms. The highest BCUT2D eigenvalue weighted by molar-refractivity contribution is 6.03. The van der Waals surface area contributed by atoms with Crippen LogP contribution >= 0.6 is 0 Å². The number of hydrogen-bond donors (Lipinski definition) is 5. The molecular weight excluding hydrogens is 875 g/mol. The Hall–Kier alpha value is -4.88. The van der Waals surface area contributed by atoms with Crippen molar-refractivity contribution in [3.63, 3.8) is 0 Å². The number of ether oxygens (including phenoxy) is 7. The Morgan fingerprint density at radius 2 is 1.79 bits per heavy atom. The van der Waals surface area contributed by atoms with Crippen LogP contribution < -0.4 is 24.8 Å². The van der Waals surface area contributed by atoms with Crippen molar-refractivity contribution in [1.29, 1.82) is 0 Å². The summed E-state index contributed by atoms with van der Waals surface area (Å²) in [5.41, 5.74) is 0.924. The minimum Gasteiger partial charge on any atom is -0.482 e. The van der Waals surface area contributed by atoms with Gasteiger partial charge in [0.25, 0.3) is 0 Å². The molecule has 6 unspecified atom stereocenters. The number of carbonyl (C=O) groups excluding carboxylic acids is 2. The molecule has 7 heterocycles. The van der Waals surface area contributed by atoms with Crippen LogP contribution in [0.4, 0.5) is 5.95 Å². The van der Waals surface area contributed by atoms with Crippen molar-refractivity contribution in [3.05, 3.63) is 69.6 Å². The monoisotopic (exact) mass is 939 g/mol. The van der Waals surface area contributed by atoms with E-state index in [9.17, 15) is 20.1 Å². The van der Waals surface area contributed by atoms with Gasteiger partial charge in [0.05, 0.1) is 41.7 Å². The van der Waals surface area contributed by atoms with Gasteiger partial charge < -0.3 is 59.1 Å². The highest BCUT2D eigenvalue weighted by Crippen LogP contribution is 2.74. The molecule has 9 aliphatic rings. The van der Waals surface area contributed by atoms with Crippen LogP contribution in [0, 0.1) is 11.8 Å². The second-order valence-electron chi connectivity index (χ2n) is 21.3. The number of fused-ring (bicyclic) bond motifs is 5. The minimum atomic E-state index is -1.63. The molecule has 1 aromatic heterocycles. The molecule has 3 saturated carbocycles. The zero-order valence-corrected chi connectivity index (χ0v) is 40.6. The number of aliphatic hydroxyl groups excluding tert-OH is 3. The molecule has 1 spiro atoms. The van der Waals surface area contributed by atoms with Gasteiger partial charge in [-0.05, 0) is 107 Å². The number of benzene rings is 1. The zero-order valence-electron chi connectivity index (χ0n) is 40.6. The molecule has 6 aliphatic heterocycles. The molecule has 1 aromatic carbocycles. The average Bonchev–Trinajstić information content (AvgIpc) is 3.81. The number of amides is 1. The zero-order chi connectivity index (χ0) is 48.5. The molecule has 1 amide bonds. The van der Waals surface area contributed by atoms with Crippen LogP contribution in [0.5, 0.6) is 17.2 Å². The average molecular weight is 940 g/mol. The molecular formula is C51H65N5O12. The highest BCUT2D eigenvalue weighted by atomic mass is 16.8. The molecule has 3 aliphatic carbocycles. The number of nitrogens with zero attached hydrogens (tertiary/aromatic N) is 3. The van der Waals surface area contributed by atoms with Crippen LogP contribution in [0.1, 0.15) is 118 Å². The first-order valence-corrected chi connectivity index (χ1v) is 23.9. The first kappa shape index (κ1) is 46.8. The van der Waals surface area contributed by atoms with Crippen LogP contribution in [0.3, 0.4) is 0 Å². The second-order valence-corrected chi connectivity index (χ2v) is 21.3. The fraction of sp³-hybridized carbons (Fsp3) is 0.608. The summed E-state index contributed by atoms with van der Waals surface area (Å²) in [4.78, 5) is 33.6. The summed E-state index contributed by atoms with van der Waals surface area (Å²) >= 11 is 0. The van der Waals surface area contributed by atoms with E-state index in [0.29, 0.717) is 64.7 Å². The topological polar surface area (TPSA) is 214 Å². The number of aliphatic hydroxyl groups is 3. The van der Waals surface area contributed by atoms with E-state index in [4.69, 9.17) is 38.3 Å². The van der Waals surface area contributed by atoms with Gasteiger partial charge in [0, 0.05) is 41.5 Å². The van der Waals surface area contributed by atoms with Gasteiger partial charge in [-0.25, -0.2) is 4.68 Å². The minimum absolute atomic E-state index is 0.00641. The van der Waals surface area contributed by atoms with Crippen molar-refractivity contribution in [2.45, 2.75) is 166 Å². The number of allylic oxidation sites excluding steroid dienone is 4. The van der Waals surface area contributed by atoms with Crippen LogP contribution in [-0.4, -0.2) is 120 Å². The van der Waals surface area contributed by atoms with E-state index in [0.717, 1.165) is 17.6 Å². The Morgan fingerprint density at radius 1 is 1.03 bits per heavy atom.